The number of aromatic nitrogens is 2. The molecule has 0 fully saturated rings. The van der Waals surface area contributed by atoms with E-state index in [2.05, 4.69) is 5.10 Å². The van der Waals surface area contributed by atoms with Gasteiger partial charge in [-0.1, -0.05) is 0 Å². The predicted octanol–water partition coefficient (Wildman–Crippen LogP) is 0.650. The lowest BCUT2D eigenvalue weighted by Gasteiger charge is -2.15. The van der Waals surface area contributed by atoms with Crippen molar-refractivity contribution in [1.82, 2.24) is 9.78 Å². The number of aryl methyl sites for hydroxylation is 1. The molecule has 0 saturated carbocycles. The van der Waals surface area contributed by atoms with E-state index < -0.39 is 5.67 Å². The highest BCUT2D eigenvalue weighted by molar-refractivity contribution is 5.03. The molecule has 0 aliphatic rings. The van der Waals surface area contributed by atoms with Crippen LogP contribution in [0.2, 0.25) is 0 Å². The van der Waals surface area contributed by atoms with Crippen LogP contribution in [0, 0.1) is 0 Å². The predicted molar refractivity (Wildman–Crippen MR) is 45.5 cm³/mol. The summed E-state index contributed by atoms with van der Waals surface area (Å²) in [5, 5.41) is 4.06. The van der Waals surface area contributed by atoms with Crippen molar-refractivity contribution in [2.24, 2.45) is 12.8 Å². The molecule has 1 heterocycles. The van der Waals surface area contributed by atoms with Gasteiger partial charge in [0.25, 0.3) is 0 Å². The normalized spacial score (nSPS) is 16.0. The maximum absolute atomic E-state index is 13.3. The maximum Gasteiger partial charge on any atom is 0.126 e. The molecule has 1 aromatic rings. The Kier molecular flexibility index (Phi) is 2.47. The Morgan fingerprint density at radius 1 is 1.75 bits per heavy atom. The highest BCUT2D eigenvalue weighted by atomic mass is 19.1. The summed E-state index contributed by atoms with van der Waals surface area (Å²) >= 11 is 0. The van der Waals surface area contributed by atoms with Crippen LogP contribution < -0.4 is 5.73 Å². The molecular weight excluding hydrogens is 157 g/mol. The summed E-state index contributed by atoms with van der Waals surface area (Å²) in [4.78, 5) is 0. The molecule has 0 spiro atoms. The Balaban J connectivity index is 2.63. The van der Waals surface area contributed by atoms with Gasteiger partial charge in [0, 0.05) is 26.2 Å². The Morgan fingerprint density at radius 3 is 2.83 bits per heavy atom. The van der Waals surface area contributed by atoms with Crippen molar-refractivity contribution in [2.75, 3.05) is 6.54 Å². The van der Waals surface area contributed by atoms with Gasteiger partial charge in [0.2, 0.25) is 0 Å². The first kappa shape index (κ1) is 9.19. The minimum atomic E-state index is -1.34. The van der Waals surface area contributed by atoms with Gasteiger partial charge in [-0.15, -0.1) is 0 Å². The molecule has 1 aromatic heterocycles. The van der Waals surface area contributed by atoms with E-state index in [-0.39, 0.29) is 13.0 Å². The lowest BCUT2D eigenvalue weighted by Crippen LogP contribution is -2.31. The number of nitrogens with two attached hydrogens (primary N) is 1. The van der Waals surface area contributed by atoms with Gasteiger partial charge in [0.15, 0.2) is 0 Å². The van der Waals surface area contributed by atoms with Crippen LogP contribution in [-0.4, -0.2) is 22.0 Å². The zero-order valence-electron chi connectivity index (χ0n) is 7.42. The number of halogens is 1. The summed E-state index contributed by atoms with van der Waals surface area (Å²) in [6.07, 6.45) is 2.08. The van der Waals surface area contributed by atoms with E-state index in [0.717, 1.165) is 5.69 Å². The van der Waals surface area contributed by atoms with E-state index in [9.17, 15) is 4.39 Å². The van der Waals surface area contributed by atoms with Gasteiger partial charge >= 0.3 is 0 Å². The smallest absolute Gasteiger partial charge is 0.126 e. The molecule has 1 unspecified atom stereocenters. The van der Waals surface area contributed by atoms with E-state index in [1.807, 2.05) is 7.05 Å². The third-order valence-corrected chi connectivity index (χ3v) is 1.74. The zero-order valence-corrected chi connectivity index (χ0v) is 7.42. The fourth-order valence-corrected chi connectivity index (χ4v) is 1.01. The summed E-state index contributed by atoms with van der Waals surface area (Å²) in [6.45, 7) is 1.52. The molecule has 0 saturated heterocycles. The average molecular weight is 171 g/mol. The molecule has 3 nitrogen and oxygen atoms in total. The third-order valence-electron chi connectivity index (χ3n) is 1.74. The number of alkyl halides is 1. The molecule has 2 N–H and O–H groups in total. The van der Waals surface area contributed by atoms with Gasteiger partial charge in [-0.05, 0) is 13.0 Å². The zero-order chi connectivity index (χ0) is 9.19. The van der Waals surface area contributed by atoms with E-state index in [4.69, 9.17) is 5.73 Å². The third kappa shape index (κ3) is 2.30. The second kappa shape index (κ2) is 3.23. The fourth-order valence-electron chi connectivity index (χ4n) is 1.01. The van der Waals surface area contributed by atoms with Crippen LogP contribution in [-0.2, 0) is 13.5 Å². The van der Waals surface area contributed by atoms with Crippen molar-refractivity contribution < 1.29 is 4.39 Å². The topological polar surface area (TPSA) is 43.8 Å². The molecule has 0 radical (unpaired) electrons. The molecule has 0 aromatic carbocycles. The Morgan fingerprint density at radius 2 is 2.42 bits per heavy atom. The fraction of sp³-hybridized carbons (Fsp3) is 0.625. The molecule has 0 aliphatic carbocycles. The highest BCUT2D eigenvalue weighted by Crippen LogP contribution is 2.14. The van der Waals surface area contributed by atoms with Crippen LogP contribution >= 0.6 is 0 Å². The quantitative estimate of drug-likeness (QED) is 0.725. The first-order chi connectivity index (χ1) is 5.53. The lowest BCUT2D eigenvalue weighted by molar-refractivity contribution is 0.198. The van der Waals surface area contributed by atoms with E-state index in [1.165, 1.54) is 6.92 Å². The molecule has 0 amide bonds. The molecular formula is C8H14FN3. The summed E-state index contributed by atoms with van der Waals surface area (Å²) in [5.41, 5.74) is 4.66. The Hall–Kier alpha value is -0.900. The van der Waals surface area contributed by atoms with Gasteiger partial charge in [-0.2, -0.15) is 5.10 Å². The molecule has 68 valence electrons. The maximum atomic E-state index is 13.3. The Bertz CT molecular complexity index is 255. The molecule has 12 heavy (non-hydrogen) atoms. The van der Waals surface area contributed by atoms with Crippen LogP contribution in [0.15, 0.2) is 12.3 Å². The molecule has 1 rings (SSSR count). The van der Waals surface area contributed by atoms with Crippen molar-refractivity contribution in [3.63, 3.8) is 0 Å². The molecule has 4 heteroatoms. The largest absolute Gasteiger partial charge is 0.328 e. The van der Waals surface area contributed by atoms with Crippen molar-refractivity contribution in [3.8, 4) is 0 Å². The van der Waals surface area contributed by atoms with Gasteiger partial charge in [-0.25, -0.2) is 4.39 Å². The summed E-state index contributed by atoms with van der Waals surface area (Å²) in [7, 11) is 1.81. The minimum absolute atomic E-state index is 0.0313. The van der Waals surface area contributed by atoms with Crippen LogP contribution in [0.1, 0.15) is 12.6 Å². The van der Waals surface area contributed by atoms with E-state index in [1.54, 1.807) is 16.9 Å². The lowest BCUT2D eigenvalue weighted by atomic mass is 10.0. The van der Waals surface area contributed by atoms with Crippen LogP contribution in [0.25, 0.3) is 0 Å². The summed E-state index contributed by atoms with van der Waals surface area (Å²) in [6, 6.07) is 1.80. The second-order valence-electron chi connectivity index (χ2n) is 3.27. The van der Waals surface area contributed by atoms with Crippen molar-refractivity contribution in [3.05, 3.63) is 18.0 Å². The van der Waals surface area contributed by atoms with Crippen LogP contribution in [0.5, 0.6) is 0 Å². The average Bonchev–Trinajstić information content (AvgIpc) is 2.35. The first-order valence-corrected chi connectivity index (χ1v) is 3.91. The molecule has 1 atom stereocenters. The van der Waals surface area contributed by atoms with Crippen molar-refractivity contribution in [1.29, 1.82) is 0 Å². The van der Waals surface area contributed by atoms with Gasteiger partial charge in [0.1, 0.15) is 5.67 Å². The number of hydrogen-bond acceptors (Lipinski definition) is 2. The van der Waals surface area contributed by atoms with Crippen LogP contribution in [0.4, 0.5) is 4.39 Å². The summed E-state index contributed by atoms with van der Waals surface area (Å²) in [5.74, 6) is 0. The van der Waals surface area contributed by atoms with Gasteiger partial charge in [-0.3, -0.25) is 4.68 Å². The van der Waals surface area contributed by atoms with Crippen LogP contribution in [0.3, 0.4) is 0 Å². The first-order valence-electron chi connectivity index (χ1n) is 3.91. The van der Waals surface area contributed by atoms with Gasteiger partial charge < -0.3 is 5.73 Å². The van der Waals surface area contributed by atoms with E-state index >= 15 is 0 Å². The monoisotopic (exact) mass is 171 g/mol. The minimum Gasteiger partial charge on any atom is -0.328 e. The van der Waals surface area contributed by atoms with E-state index in [0.29, 0.717) is 0 Å². The second-order valence-corrected chi connectivity index (χ2v) is 3.27. The van der Waals surface area contributed by atoms with Crippen molar-refractivity contribution >= 4 is 0 Å². The molecule has 0 aliphatic heterocycles. The van der Waals surface area contributed by atoms with Crippen molar-refractivity contribution in [2.45, 2.75) is 19.0 Å². The number of hydrogen-bond donors (Lipinski definition) is 1. The standard InChI is InChI=1S/C8H14FN3/c1-8(9,6-10)5-7-3-4-12(2)11-7/h3-4H,5-6,10H2,1-2H3. The number of rotatable bonds is 3. The SMILES string of the molecule is Cn1ccc(CC(C)(F)CN)n1. The summed E-state index contributed by atoms with van der Waals surface area (Å²) < 4.78 is 15.0. The van der Waals surface area contributed by atoms with Gasteiger partial charge in [0.05, 0.1) is 5.69 Å². The Labute approximate surface area is 71.4 Å². The highest BCUT2D eigenvalue weighted by Gasteiger charge is 2.22. The molecule has 0 bridgehead atoms. The number of nitrogens with zero attached hydrogens (tertiary/aromatic N) is 2.